The van der Waals surface area contributed by atoms with Crippen molar-refractivity contribution in [3.05, 3.63) is 95.8 Å². The highest BCUT2D eigenvalue weighted by Crippen LogP contribution is 2.23. The molecule has 32 heavy (non-hydrogen) atoms. The molecule has 0 aliphatic carbocycles. The van der Waals surface area contributed by atoms with E-state index in [0.29, 0.717) is 16.9 Å². The molecule has 0 unspecified atom stereocenters. The van der Waals surface area contributed by atoms with E-state index in [0.717, 1.165) is 11.3 Å². The number of carbonyl (C=O) groups excluding carboxylic acids is 1. The minimum atomic E-state index is -3.85. The fraction of sp³-hybridized carbons (Fsp3) is 0.0870. The molecule has 0 atom stereocenters. The van der Waals surface area contributed by atoms with Crippen molar-refractivity contribution in [1.29, 1.82) is 0 Å². The highest BCUT2D eigenvalue weighted by Gasteiger charge is 2.19. The van der Waals surface area contributed by atoms with Gasteiger partial charge in [0.05, 0.1) is 16.8 Å². The van der Waals surface area contributed by atoms with Crippen molar-refractivity contribution in [2.24, 2.45) is 0 Å². The molecule has 0 saturated carbocycles. The standard InChI is InChI=1S/C23H21N5O3S/c1-16-7-6-8-19(13-16)27-32(30,31)22-14-18(12-11-17(22)2)25-23(29)21-15-24-28(26-21)20-9-4-3-5-10-20/h3-15,27H,1-2H3,(H,25,29). The molecule has 4 rings (SSSR count). The number of para-hydroxylation sites is 1. The number of anilines is 2. The Hall–Kier alpha value is -3.98. The molecule has 0 saturated heterocycles. The second-order valence-corrected chi connectivity index (χ2v) is 8.92. The fourth-order valence-corrected chi connectivity index (χ4v) is 4.46. The van der Waals surface area contributed by atoms with E-state index in [4.69, 9.17) is 0 Å². The number of benzene rings is 3. The molecule has 1 heterocycles. The van der Waals surface area contributed by atoms with E-state index in [1.54, 1.807) is 37.3 Å². The molecule has 0 aliphatic rings. The number of carbonyl (C=O) groups is 1. The van der Waals surface area contributed by atoms with Crippen LogP contribution in [0.3, 0.4) is 0 Å². The maximum atomic E-state index is 13.0. The maximum absolute atomic E-state index is 13.0. The molecule has 1 amide bonds. The third-order valence-electron chi connectivity index (χ3n) is 4.72. The van der Waals surface area contributed by atoms with Gasteiger partial charge in [-0.05, 0) is 61.4 Å². The van der Waals surface area contributed by atoms with Crippen molar-refractivity contribution in [2.45, 2.75) is 18.7 Å². The first-order valence-electron chi connectivity index (χ1n) is 9.81. The van der Waals surface area contributed by atoms with Crippen LogP contribution >= 0.6 is 0 Å². The molecule has 0 radical (unpaired) electrons. The number of sulfonamides is 1. The molecule has 162 valence electrons. The van der Waals surface area contributed by atoms with Crippen LogP contribution in [0.15, 0.2) is 83.9 Å². The van der Waals surface area contributed by atoms with E-state index < -0.39 is 15.9 Å². The molecule has 0 aliphatic heterocycles. The van der Waals surface area contributed by atoms with Gasteiger partial charge in [-0.1, -0.05) is 36.4 Å². The molecule has 2 N–H and O–H groups in total. The topological polar surface area (TPSA) is 106 Å². The van der Waals surface area contributed by atoms with Crippen LogP contribution in [0.1, 0.15) is 21.6 Å². The van der Waals surface area contributed by atoms with Crippen molar-refractivity contribution >= 4 is 27.3 Å². The lowest BCUT2D eigenvalue weighted by Gasteiger charge is -2.13. The Morgan fingerprint density at radius 3 is 2.44 bits per heavy atom. The predicted octanol–water partition coefficient (Wildman–Crippen LogP) is 3.94. The fourth-order valence-electron chi connectivity index (χ4n) is 3.13. The van der Waals surface area contributed by atoms with Crippen LogP contribution in [0.4, 0.5) is 11.4 Å². The zero-order valence-electron chi connectivity index (χ0n) is 17.5. The monoisotopic (exact) mass is 447 g/mol. The van der Waals surface area contributed by atoms with Crippen LogP contribution in [0.2, 0.25) is 0 Å². The average molecular weight is 448 g/mol. The molecule has 4 aromatic rings. The molecular weight excluding hydrogens is 426 g/mol. The summed E-state index contributed by atoms with van der Waals surface area (Å²) in [6, 6.07) is 21.0. The quantitative estimate of drug-likeness (QED) is 0.466. The van der Waals surface area contributed by atoms with Crippen molar-refractivity contribution < 1.29 is 13.2 Å². The Labute approximate surface area is 186 Å². The summed E-state index contributed by atoms with van der Waals surface area (Å²) in [7, 11) is -3.85. The van der Waals surface area contributed by atoms with Crippen LogP contribution < -0.4 is 10.0 Å². The summed E-state index contributed by atoms with van der Waals surface area (Å²) in [4.78, 5) is 14.1. The number of hydrogen-bond acceptors (Lipinski definition) is 5. The van der Waals surface area contributed by atoms with Crippen molar-refractivity contribution in [2.75, 3.05) is 10.0 Å². The van der Waals surface area contributed by atoms with Gasteiger partial charge in [-0.2, -0.15) is 9.90 Å². The second kappa shape index (κ2) is 8.64. The maximum Gasteiger partial charge on any atom is 0.277 e. The number of nitrogens with zero attached hydrogens (tertiary/aromatic N) is 3. The van der Waals surface area contributed by atoms with E-state index in [9.17, 15) is 13.2 Å². The molecular formula is C23H21N5O3S. The molecule has 0 bridgehead atoms. The van der Waals surface area contributed by atoms with Crippen molar-refractivity contribution in [1.82, 2.24) is 15.0 Å². The zero-order chi connectivity index (χ0) is 22.7. The Kier molecular flexibility index (Phi) is 5.74. The van der Waals surface area contributed by atoms with Gasteiger partial charge in [-0.25, -0.2) is 8.42 Å². The summed E-state index contributed by atoms with van der Waals surface area (Å²) in [5, 5.41) is 11.0. The van der Waals surface area contributed by atoms with Gasteiger partial charge in [0.25, 0.3) is 15.9 Å². The first kappa shape index (κ1) is 21.3. The summed E-state index contributed by atoms with van der Waals surface area (Å²) in [6.45, 7) is 3.58. The molecule has 0 fully saturated rings. The van der Waals surface area contributed by atoms with Gasteiger partial charge in [0, 0.05) is 11.4 Å². The zero-order valence-corrected chi connectivity index (χ0v) is 18.3. The molecule has 9 heteroatoms. The summed E-state index contributed by atoms with van der Waals surface area (Å²) in [5.41, 5.74) is 3.12. The van der Waals surface area contributed by atoms with Crippen molar-refractivity contribution in [3.63, 3.8) is 0 Å². The second-order valence-electron chi connectivity index (χ2n) is 7.26. The number of aromatic nitrogens is 3. The normalized spacial score (nSPS) is 11.2. The number of hydrogen-bond donors (Lipinski definition) is 2. The van der Waals surface area contributed by atoms with Crippen LogP contribution in [0, 0.1) is 13.8 Å². The lowest BCUT2D eigenvalue weighted by Crippen LogP contribution is -2.16. The average Bonchev–Trinajstić information content (AvgIpc) is 3.26. The largest absolute Gasteiger partial charge is 0.321 e. The van der Waals surface area contributed by atoms with Gasteiger partial charge in [-0.15, -0.1) is 5.10 Å². The van der Waals surface area contributed by atoms with E-state index in [2.05, 4.69) is 20.2 Å². The lowest BCUT2D eigenvalue weighted by molar-refractivity contribution is 0.102. The van der Waals surface area contributed by atoms with E-state index in [1.165, 1.54) is 17.1 Å². The number of amides is 1. The minimum absolute atomic E-state index is 0.0738. The van der Waals surface area contributed by atoms with Gasteiger partial charge >= 0.3 is 0 Å². The van der Waals surface area contributed by atoms with Crippen LogP contribution in [0.25, 0.3) is 5.69 Å². The summed E-state index contributed by atoms with van der Waals surface area (Å²) < 4.78 is 28.5. The van der Waals surface area contributed by atoms with Gasteiger partial charge in [-0.3, -0.25) is 9.52 Å². The summed E-state index contributed by atoms with van der Waals surface area (Å²) in [6.07, 6.45) is 1.35. The number of aryl methyl sites for hydroxylation is 2. The first-order valence-corrected chi connectivity index (χ1v) is 11.3. The highest BCUT2D eigenvalue weighted by molar-refractivity contribution is 7.92. The number of nitrogens with one attached hydrogen (secondary N) is 2. The Balaban J connectivity index is 1.55. The van der Waals surface area contributed by atoms with Crippen LogP contribution in [-0.2, 0) is 10.0 Å². The molecule has 1 aromatic heterocycles. The van der Waals surface area contributed by atoms with Gasteiger partial charge in [0.15, 0.2) is 5.69 Å². The minimum Gasteiger partial charge on any atom is -0.321 e. The van der Waals surface area contributed by atoms with Crippen LogP contribution in [0.5, 0.6) is 0 Å². The smallest absolute Gasteiger partial charge is 0.277 e. The van der Waals surface area contributed by atoms with Crippen molar-refractivity contribution in [3.8, 4) is 5.69 Å². The first-order chi connectivity index (χ1) is 15.3. The molecule has 8 nitrogen and oxygen atoms in total. The molecule has 3 aromatic carbocycles. The van der Waals surface area contributed by atoms with E-state index in [-0.39, 0.29) is 10.6 Å². The molecule has 0 spiro atoms. The van der Waals surface area contributed by atoms with Gasteiger partial charge in [0.2, 0.25) is 0 Å². The Morgan fingerprint density at radius 1 is 0.906 bits per heavy atom. The van der Waals surface area contributed by atoms with Gasteiger partial charge < -0.3 is 5.32 Å². The van der Waals surface area contributed by atoms with E-state index >= 15 is 0 Å². The third-order valence-corrected chi connectivity index (χ3v) is 6.24. The Morgan fingerprint density at radius 2 is 1.69 bits per heavy atom. The SMILES string of the molecule is Cc1cccc(NS(=O)(=O)c2cc(NC(=O)c3cnn(-c4ccccc4)n3)ccc2C)c1. The lowest BCUT2D eigenvalue weighted by atomic mass is 10.2. The Bertz CT molecular complexity index is 1380. The highest BCUT2D eigenvalue weighted by atomic mass is 32.2. The van der Waals surface area contributed by atoms with Crippen LogP contribution in [-0.4, -0.2) is 29.3 Å². The van der Waals surface area contributed by atoms with Gasteiger partial charge in [0.1, 0.15) is 0 Å². The summed E-state index contributed by atoms with van der Waals surface area (Å²) >= 11 is 0. The van der Waals surface area contributed by atoms with E-state index in [1.807, 2.05) is 43.3 Å². The number of rotatable bonds is 6. The predicted molar refractivity (Wildman–Crippen MR) is 122 cm³/mol. The summed E-state index contributed by atoms with van der Waals surface area (Å²) in [5.74, 6) is -0.494. The third kappa shape index (κ3) is 4.68.